The molecule has 0 atom stereocenters. The lowest BCUT2D eigenvalue weighted by atomic mass is 9.80. The Kier molecular flexibility index (Phi) is 10.5. The number of hydrogen-bond donors (Lipinski definition) is 7. The summed E-state index contributed by atoms with van der Waals surface area (Å²) in [5, 5.41) is 16.9. The van der Waals surface area contributed by atoms with Gasteiger partial charge in [0.05, 0.1) is 50.7 Å². The summed E-state index contributed by atoms with van der Waals surface area (Å²) in [4.78, 5) is 64.6. The molecule has 19 nitrogen and oxygen atoms in total. The van der Waals surface area contributed by atoms with Crippen molar-refractivity contribution in [2.75, 3.05) is 22.5 Å². The van der Waals surface area contributed by atoms with E-state index in [9.17, 15) is 68.0 Å². The van der Waals surface area contributed by atoms with E-state index in [1.807, 2.05) is 0 Å². The third kappa shape index (κ3) is 7.77. The van der Waals surface area contributed by atoms with Crippen LogP contribution < -0.4 is 21.5 Å². The lowest BCUT2D eigenvalue weighted by Crippen LogP contribution is -2.29. The normalized spacial score (nSPS) is 12.4. The Bertz CT molecular complexity index is 3360. The zero-order valence-electron chi connectivity index (χ0n) is 30.9. The number of benzene rings is 5. The highest BCUT2D eigenvalue weighted by molar-refractivity contribution is 7.87. The first-order chi connectivity index (χ1) is 28.6. The Morgan fingerprint density at radius 2 is 1.30 bits per heavy atom. The number of carbonyl (C=O) groups is 4. The number of carboxylic acids is 1. The molecular formula is C39H28N4O15S3. The molecule has 0 aliphatic heterocycles. The minimum absolute atomic E-state index is 0.00842. The number of carboxylic acid groups (broad SMARTS) is 1. The van der Waals surface area contributed by atoms with Crippen LogP contribution in [0.1, 0.15) is 42.2 Å². The molecule has 1 amide bonds. The van der Waals surface area contributed by atoms with Gasteiger partial charge in [-0.05, 0) is 54.1 Å². The maximum Gasteiger partial charge on any atom is 0.337 e. The Morgan fingerprint density at radius 1 is 0.656 bits per heavy atom. The topological polar surface area (TPSA) is 310 Å². The smallest absolute Gasteiger partial charge is 0.337 e. The second-order valence-corrected chi connectivity index (χ2v) is 17.6. The first-order valence-corrected chi connectivity index (χ1v) is 21.6. The third-order valence-electron chi connectivity index (χ3n) is 9.63. The first-order valence-electron chi connectivity index (χ1n) is 17.3. The molecule has 1 aromatic heterocycles. The van der Waals surface area contributed by atoms with Gasteiger partial charge in [0, 0.05) is 34.8 Å². The van der Waals surface area contributed by atoms with Crippen LogP contribution in [0.5, 0.6) is 0 Å². The molecule has 0 saturated heterocycles. The molecule has 1 aliphatic carbocycles. The number of carbonyl (C=O) groups excluding carboxylic acids is 3. The van der Waals surface area contributed by atoms with E-state index in [0.717, 1.165) is 22.8 Å². The Labute approximate surface area is 344 Å². The fourth-order valence-corrected chi connectivity index (χ4v) is 8.86. The number of hydrogen-bond acceptors (Lipinski definition) is 13. The maximum atomic E-state index is 14.5. The fourth-order valence-electron chi connectivity index (χ4n) is 6.95. The van der Waals surface area contributed by atoms with Crippen molar-refractivity contribution in [2.24, 2.45) is 7.05 Å². The maximum absolute atomic E-state index is 14.5. The minimum atomic E-state index is -5.39. The number of nitrogens with zero attached hydrogens (tertiary/aromatic N) is 1. The number of nitrogens with one attached hydrogen (secondary N) is 3. The summed E-state index contributed by atoms with van der Waals surface area (Å²) in [6.07, 6.45) is 0. The van der Waals surface area contributed by atoms with Crippen molar-refractivity contribution in [3.05, 3.63) is 135 Å². The molecule has 0 radical (unpaired) electrons. The number of anilines is 4. The number of aromatic nitrogens is 1. The summed E-state index contributed by atoms with van der Waals surface area (Å²) < 4.78 is 106. The van der Waals surface area contributed by atoms with Gasteiger partial charge in [0.25, 0.3) is 35.9 Å². The Hall–Kier alpha value is -7.08. The molecule has 22 heteroatoms. The molecule has 7 rings (SSSR count). The second-order valence-electron chi connectivity index (χ2n) is 13.4. The van der Waals surface area contributed by atoms with Gasteiger partial charge in [-0.1, -0.05) is 48.5 Å². The number of fused-ring (bicyclic) bond motifs is 2. The van der Waals surface area contributed by atoms with Gasteiger partial charge in [-0.25, -0.2) is 4.79 Å². The monoisotopic (exact) mass is 888 g/mol. The van der Waals surface area contributed by atoms with Gasteiger partial charge in [-0.15, -0.1) is 0 Å². The predicted octanol–water partition coefficient (Wildman–Crippen LogP) is 4.21. The molecular weight excluding hydrogens is 861 g/mol. The van der Waals surface area contributed by atoms with Crippen molar-refractivity contribution in [3.8, 4) is 11.1 Å². The second kappa shape index (κ2) is 15.2. The third-order valence-corrected chi connectivity index (χ3v) is 12.3. The van der Waals surface area contributed by atoms with Crippen LogP contribution in [0.15, 0.2) is 117 Å². The summed E-state index contributed by atoms with van der Waals surface area (Å²) in [5.41, 5.74) is -3.67. The summed E-state index contributed by atoms with van der Waals surface area (Å²) in [5.74, 6) is -4.06. The fraction of sp³-hybridized carbons (Fsp3) is 0.0513. The SMILES string of the molecule is Cn1c(=O)c(C(=O)c2cccc(S(=O)(=O)O)c2)c2c3c(c(Nc4cc(NC(=O)CNc5ccccc5C(=O)O)c(S(=O)(=O)O)cc4S(=O)(=O)O)ccc31)C(=O)c1ccccc1-2. The van der Waals surface area contributed by atoms with Crippen molar-refractivity contribution in [1.82, 2.24) is 4.57 Å². The van der Waals surface area contributed by atoms with E-state index in [2.05, 4.69) is 16.0 Å². The van der Waals surface area contributed by atoms with Gasteiger partial charge in [0.2, 0.25) is 5.91 Å². The number of pyridine rings is 1. The predicted molar refractivity (Wildman–Crippen MR) is 218 cm³/mol. The molecule has 0 unspecified atom stereocenters. The van der Waals surface area contributed by atoms with Gasteiger partial charge in [-0.3, -0.25) is 32.8 Å². The van der Waals surface area contributed by atoms with Crippen molar-refractivity contribution >= 4 is 87.4 Å². The van der Waals surface area contributed by atoms with Crippen LogP contribution in [-0.4, -0.2) is 78.6 Å². The Morgan fingerprint density at radius 3 is 1.95 bits per heavy atom. The first kappa shape index (κ1) is 42.1. The molecule has 0 saturated carbocycles. The summed E-state index contributed by atoms with van der Waals surface area (Å²) in [6.45, 7) is -0.677. The van der Waals surface area contributed by atoms with Crippen molar-refractivity contribution in [1.29, 1.82) is 0 Å². The summed E-state index contributed by atoms with van der Waals surface area (Å²) in [6, 6.07) is 19.3. The molecule has 7 N–H and O–H groups in total. The van der Waals surface area contributed by atoms with E-state index >= 15 is 0 Å². The minimum Gasteiger partial charge on any atom is -0.478 e. The van der Waals surface area contributed by atoms with Gasteiger partial charge >= 0.3 is 5.97 Å². The molecule has 0 spiro atoms. The van der Waals surface area contributed by atoms with Crippen LogP contribution in [0.4, 0.5) is 22.7 Å². The average Bonchev–Trinajstić information content (AvgIpc) is 3.19. The van der Waals surface area contributed by atoms with Crippen LogP contribution in [0.2, 0.25) is 0 Å². The van der Waals surface area contributed by atoms with Crippen molar-refractivity contribution < 1.29 is 63.2 Å². The van der Waals surface area contributed by atoms with E-state index in [4.69, 9.17) is 0 Å². The van der Waals surface area contributed by atoms with Gasteiger partial charge in [0.15, 0.2) is 11.6 Å². The van der Waals surface area contributed by atoms with Crippen LogP contribution in [0.25, 0.3) is 22.0 Å². The molecule has 61 heavy (non-hydrogen) atoms. The number of aryl methyl sites for hydroxylation is 1. The number of ketones is 2. The van der Waals surface area contributed by atoms with Crippen LogP contribution in [0, 0.1) is 0 Å². The highest BCUT2D eigenvalue weighted by Crippen LogP contribution is 2.45. The molecule has 1 aliphatic rings. The number of amides is 1. The molecule has 0 bridgehead atoms. The highest BCUT2D eigenvalue weighted by atomic mass is 32.2. The molecule has 6 aromatic rings. The lowest BCUT2D eigenvalue weighted by molar-refractivity contribution is -0.114. The zero-order chi connectivity index (χ0) is 44.3. The summed E-state index contributed by atoms with van der Waals surface area (Å²) in [7, 11) is -14.2. The highest BCUT2D eigenvalue weighted by Gasteiger charge is 2.35. The molecule has 0 fully saturated rings. The van der Waals surface area contributed by atoms with E-state index in [1.165, 1.54) is 79.8 Å². The standard InChI is InChI=1S/C39H28N4O15S3/c1-43-28-14-13-25(33-34(28)32(21-9-2-3-10-22(21)37(33)46)35(38(43)47)36(45)19-7-6-8-20(15-19)59(50,51)52)41-26-16-27(30(61(56,57)58)17-29(26)60(53,54)55)42-31(44)18-40-24-12-5-4-11-23(24)39(48)49/h2-17,40-41H,18H2,1H3,(H,42,44)(H,48,49)(H,50,51,52)(H,53,54,55)(H,56,57,58). The average molecular weight is 889 g/mol. The largest absolute Gasteiger partial charge is 0.478 e. The van der Waals surface area contributed by atoms with Crippen molar-refractivity contribution in [3.63, 3.8) is 0 Å². The van der Waals surface area contributed by atoms with Gasteiger partial charge in [-0.2, -0.15) is 25.3 Å². The quantitative estimate of drug-likeness (QED) is 0.0667. The van der Waals surface area contributed by atoms with Crippen molar-refractivity contribution in [2.45, 2.75) is 14.7 Å². The zero-order valence-corrected chi connectivity index (χ0v) is 33.3. The van der Waals surface area contributed by atoms with Gasteiger partial charge in [0.1, 0.15) is 9.79 Å². The number of para-hydroxylation sites is 1. The lowest BCUT2D eigenvalue weighted by Gasteiger charge is -2.26. The van der Waals surface area contributed by atoms with Crippen LogP contribution >= 0.6 is 0 Å². The van der Waals surface area contributed by atoms with E-state index in [0.29, 0.717) is 6.07 Å². The van der Waals surface area contributed by atoms with E-state index in [1.54, 1.807) is 0 Å². The number of aromatic carboxylic acids is 1. The molecule has 312 valence electrons. The Balaban J connectivity index is 1.42. The molecule has 1 heterocycles. The summed E-state index contributed by atoms with van der Waals surface area (Å²) >= 11 is 0. The van der Waals surface area contributed by atoms with Crippen LogP contribution in [0.3, 0.4) is 0 Å². The molecule has 5 aromatic carbocycles. The van der Waals surface area contributed by atoms with Gasteiger partial charge < -0.3 is 25.6 Å². The number of rotatable bonds is 12. The van der Waals surface area contributed by atoms with Crippen LogP contribution in [-0.2, 0) is 42.2 Å². The van der Waals surface area contributed by atoms with E-state index < -0.39 is 97.5 Å². The van der Waals surface area contributed by atoms with E-state index in [-0.39, 0.29) is 55.7 Å².